The van der Waals surface area contributed by atoms with E-state index in [2.05, 4.69) is 23.7 Å². The Morgan fingerprint density at radius 2 is 1.93 bits per heavy atom. The van der Waals surface area contributed by atoms with Crippen LogP contribution in [0, 0.1) is 17.8 Å². The van der Waals surface area contributed by atoms with Crippen molar-refractivity contribution in [3.05, 3.63) is 59.7 Å². The average Bonchev–Trinajstić information content (AvgIpc) is 3.21. The van der Waals surface area contributed by atoms with Gasteiger partial charge in [0.2, 0.25) is 10.0 Å². The minimum absolute atomic E-state index is 0.00557. The van der Waals surface area contributed by atoms with Crippen molar-refractivity contribution in [1.29, 1.82) is 0 Å². The standard InChI is InChI=1S/C24H28N2O3S/c1-3-4-6-9-18-12-13-22-21(16-18)24-20(23(17-27)25(22)2)14-15-26(24)30(28,29)19-10-7-5-8-11-19/h5,7-8,10-13,16,20,23-24,27H,3-4,14-15,17H2,1-2H3/t20-,23+,24-/m0/s1. The quantitative estimate of drug-likeness (QED) is 0.765. The van der Waals surface area contributed by atoms with Crippen LogP contribution in [0.3, 0.4) is 0 Å². The Morgan fingerprint density at radius 1 is 1.17 bits per heavy atom. The summed E-state index contributed by atoms with van der Waals surface area (Å²) in [5.41, 5.74) is 2.85. The lowest BCUT2D eigenvalue weighted by molar-refractivity contribution is 0.193. The third-order valence-electron chi connectivity index (χ3n) is 6.26. The number of likely N-dealkylation sites (N-methyl/N-ethyl adjacent to an activating group) is 1. The number of aliphatic hydroxyl groups excluding tert-OH is 1. The second-order valence-corrected chi connectivity index (χ2v) is 9.90. The van der Waals surface area contributed by atoms with Crippen LogP contribution in [0.4, 0.5) is 5.69 Å². The van der Waals surface area contributed by atoms with Crippen molar-refractivity contribution in [2.45, 2.75) is 43.2 Å². The average molecular weight is 425 g/mol. The van der Waals surface area contributed by atoms with Gasteiger partial charge in [0.25, 0.3) is 0 Å². The monoisotopic (exact) mass is 424 g/mol. The van der Waals surface area contributed by atoms with E-state index in [9.17, 15) is 13.5 Å². The second-order valence-electron chi connectivity index (χ2n) is 8.01. The summed E-state index contributed by atoms with van der Waals surface area (Å²) >= 11 is 0. The largest absolute Gasteiger partial charge is 0.394 e. The summed E-state index contributed by atoms with van der Waals surface area (Å²) < 4.78 is 28.6. The second kappa shape index (κ2) is 8.43. The van der Waals surface area contributed by atoms with E-state index in [1.807, 2.05) is 31.3 Å². The van der Waals surface area contributed by atoms with Crippen LogP contribution in [0.1, 0.15) is 43.4 Å². The maximum absolute atomic E-state index is 13.5. The number of rotatable bonds is 4. The topological polar surface area (TPSA) is 60.9 Å². The van der Waals surface area contributed by atoms with Crippen LogP contribution in [0.5, 0.6) is 0 Å². The zero-order valence-corrected chi connectivity index (χ0v) is 18.3. The SMILES string of the molecule is CCCC#Cc1ccc2c(c1)[C@@H]1[C@@H](CCN1S(=O)(=O)c1ccccc1)[C@@H](CO)N2C. The summed E-state index contributed by atoms with van der Waals surface area (Å²) in [5.74, 6) is 6.43. The molecule has 1 N–H and O–H groups in total. The molecule has 0 radical (unpaired) electrons. The first-order valence-corrected chi connectivity index (χ1v) is 12.0. The first kappa shape index (κ1) is 20.9. The van der Waals surface area contributed by atoms with Crippen molar-refractivity contribution in [2.75, 3.05) is 25.1 Å². The maximum atomic E-state index is 13.5. The van der Waals surface area contributed by atoms with E-state index in [0.29, 0.717) is 11.4 Å². The van der Waals surface area contributed by atoms with E-state index in [0.717, 1.165) is 36.1 Å². The minimum Gasteiger partial charge on any atom is -0.394 e. The fourth-order valence-corrected chi connectivity index (χ4v) is 6.46. The Kier molecular flexibility index (Phi) is 5.88. The van der Waals surface area contributed by atoms with E-state index in [-0.39, 0.29) is 24.6 Å². The lowest BCUT2D eigenvalue weighted by Gasteiger charge is -2.44. The number of anilines is 1. The number of unbranched alkanes of at least 4 members (excludes halogenated alkanes) is 1. The van der Waals surface area contributed by atoms with Crippen LogP contribution in [0.25, 0.3) is 0 Å². The molecule has 0 aromatic heterocycles. The fraction of sp³-hybridized carbons (Fsp3) is 0.417. The molecule has 4 rings (SSSR count). The van der Waals surface area contributed by atoms with Gasteiger partial charge in [-0.15, -0.1) is 0 Å². The molecule has 158 valence electrons. The van der Waals surface area contributed by atoms with Gasteiger partial charge in [0.15, 0.2) is 0 Å². The molecule has 30 heavy (non-hydrogen) atoms. The molecule has 5 nitrogen and oxygen atoms in total. The van der Waals surface area contributed by atoms with Crippen LogP contribution >= 0.6 is 0 Å². The smallest absolute Gasteiger partial charge is 0.243 e. The molecule has 2 aromatic rings. The predicted molar refractivity (Wildman–Crippen MR) is 119 cm³/mol. The normalized spacial score (nSPS) is 23.4. The van der Waals surface area contributed by atoms with Gasteiger partial charge in [-0.2, -0.15) is 4.31 Å². The number of sulfonamides is 1. The lowest BCUT2D eigenvalue weighted by Crippen LogP contribution is -2.48. The first-order chi connectivity index (χ1) is 14.5. The van der Waals surface area contributed by atoms with Crippen molar-refractivity contribution < 1.29 is 13.5 Å². The molecule has 6 heteroatoms. The summed E-state index contributed by atoms with van der Waals surface area (Å²) in [6.07, 6.45) is 2.56. The van der Waals surface area contributed by atoms with E-state index in [1.165, 1.54) is 0 Å². The van der Waals surface area contributed by atoms with E-state index in [4.69, 9.17) is 0 Å². The molecule has 0 bridgehead atoms. The highest BCUT2D eigenvalue weighted by molar-refractivity contribution is 7.89. The number of hydrogen-bond donors (Lipinski definition) is 1. The Morgan fingerprint density at radius 3 is 2.63 bits per heavy atom. The van der Waals surface area contributed by atoms with Gasteiger partial charge in [-0.25, -0.2) is 8.42 Å². The fourth-order valence-electron chi connectivity index (χ4n) is 4.78. The van der Waals surface area contributed by atoms with Crippen LogP contribution in [0.15, 0.2) is 53.4 Å². The van der Waals surface area contributed by atoms with Crippen LogP contribution in [-0.2, 0) is 10.0 Å². The Labute approximate surface area is 179 Å². The molecule has 2 aromatic carbocycles. The van der Waals surface area contributed by atoms with Crippen molar-refractivity contribution in [2.24, 2.45) is 5.92 Å². The molecule has 0 spiro atoms. The Bertz CT molecular complexity index is 1070. The molecule has 2 heterocycles. The van der Waals surface area contributed by atoms with Crippen LogP contribution < -0.4 is 4.90 Å². The molecular formula is C24H28N2O3S. The summed E-state index contributed by atoms with van der Waals surface area (Å²) in [5, 5.41) is 10.1. The van der Waals surface area contributed by atoms with Gasteiger partial charge in [0.1, 0.15) is 0 Å². The molecule has 3 atom stereocenters. The van der Waals surface area contributed by atoms with Gasteiger partial charge < -0.3 is 10.0 Å². The van der Waals surface area contributed by atoms with E-state index in [1.54, 1.807) is 28.6 Å². The zero-order chi connectivity index (χ0) is 21.3. The van der Waals surface area contributed by atoms with Crippen molar-refractivity contribution >= 4 is 15.7 Å². The zero-order valence-electron chi connectivity index (χ0n) is 17.5. The molecule has 0 aliphatic carbocycles. The highest BCUT2D eigenvalue weighted by Crippen LogP contribution is 2.50. The highest BCUT2D eigenvalue weighted by atomic mass is 32.2. The van der Waals surface area contributed by atoms with Gasteiger partial charge in [-0.05, 0) is 48.7 Å². The van der Waals surface area contributed by atoms with Crippen molar-refractivity contribution in [3.63, 3.8) is 0 Å². The first-order valence-electron chi connectivity index (χ1n) is 10.5. The number of fused-ring (bicyclic) bond motifs is 3. The molecule has 0 saturated carbocycles. The van der Waals surface area contributed by atoms with Gasteiger partial charge >= 0.3 is 0 Å². The van der Waals surface area contributed by atoms with Gasteiger partial charge in [-0.1, -0.05) is 37.0 Å². The van der Waals surface area contributed by atoms with Gasteiger partial charge in [-0.3, -0.25) is 0 Å². The summed E-state index contributed by atoms with van der Waals surface area (Å²) in [7, 11) is -1.66. The van der Waals surface area contributed by atoms with Crippen molar-refractivity contribution in [1.82, 2.24) is 4.31 Å². The van der Waals surface area contributed by atoms with Crippen LogP contribution in [-0.4, -0.2) is 44.1 Å². The molecule has 2 aliphatic heterocycles. The molecule has 1 saturated heterocycles. The Balaban J connectivity index is 1.82. The van der Waals surface area contributed by atoms with Crippen molar-refractivity contribution in [3.8, 4) is 11.8 Å². The van der Waals surface area contributed by atoms with Gasteiger partial charge in [0.05, 0.1) is 23.6 Å². The van der Waals surface area contributed by atoms with E-state index >= 15 is 0 Å². The van der Waals surface area contributed by atoms with Crippen LogP contribution in [0.2, 0.25) is 0 Å². The number of nitrogens with zero attached hydrogens (tertiary/aromatic N) is 2. The summed E-state index contributed by atoms with van der Waals surface area (Å²) in [6, 6.07) is 14.2. The number of aliphatic hydroxyl groups is 1. The van der Waals surface area contributed by atoms with Gasteiger partial charge in [0, 0.05) is 37.2 Å². The number of benzene rings is 2. The molecule has 0 unspecified atom stereocenters. The predicted octanol–water partition coefficient (Wildman–Crippen LogP) is 3.40. The summed E-state index contributed by atoms with van der Waals surface area (Å²) in [4.78, 5) is 2.41. The maximum Gasteiger partial charge on any atom is 0.243 e. The molecule has 1 fully saturated rings. The minimum atomic E-state index is -3.64. The summed E-state index contributed by atoms with van der Waals surface area (Å²) in [6.45, 7) is 2.54. The molecule has 0 amide bonds. The third kappa shape index (κ3) is 3.51. The molecule has 2 aliphatic rings. The third-order valence-corrected chi connectivity index (χ3v) is 8.16. The Hall–Kier alpha value is -2.33. The molecular weight excluding hydrogens is 396 g/mol. The highest BCUT2D eigenvalue weighted by Gasteiger charge is 2.50. The number of hydrogen-bond acceptors (Lipinski definition) is 4. The lowest BCUT2D eigenvalue weighted by atomic mass is 9.82. The van der Waals surface area contributed by atoms with E-state index < -0.39 is 10.0 Å².